The zero-order valence-electron chi connectivity index (χ0n) is 24.8. The first-order valence-electron chi connectivity index (χ1n) is 15.0. The molecule has 2 nitrogen and oxygen atoms in total. The lowest BCUT2D eigenvalue weighted by atomic mass is 9.50. The number of allylic oxidation sites excluding steroid dienone is 5. The van der Waals surface area contributed by atoms with Gasteiger partial charge in [0, 0.05) is 6.42 Å². The number of carbonyl (C=O) groups excluding carboxylic acids is 1. The highest BCUT2D eigenvalue weighted by Crippen LogP contribution is 2.66. The summed E-state index contributed by atoms with van der Waals surface area (Å²) < 4.78 is 5.97. The Morgan fingerprint density at radius 1 is 1.00 bits per heavy atom. The van der Waals surface area contributed by atoms with Gasteiger partial charge in [-0.15, -0.1) is 0 Å². The van der Waals surface area contributed by atoms with Gasteiger partial charge in [-0.1, -0.05) is 97.8 Å². The van der Waals surface area contributed by atoms with Crippen molar-refractivity contribution < 1.29 is 9.53 Å². The maximum Gasteiger partial charge on any atom is 0.306 e. The molecule has 8 atom stereocenters. The van der Waals surface area contributed by atoms with E-state index >= 15 is 0 Å². The second kappa shape index (κ2) is 10.1. The third kappa shape index (κ3) is 5.30. The van der Waals surface area contributed by atoms with Crippen LogP contribution in [0.5, 0.6) is 0 Å². The van der Waals surface area contributed by atoms with Crippen LogP contribution in [0.25, 0.3) is 0 Å². The smallest absolute Gasteiger partial charge is 0.306 e. The fourth-order valence-electron chi connectivity index (χ4n) is 8.34. The molecule has 3 fully saturated rings. The van der Waals surface area contributed by atoms with E-state index in [4.69, 9.17) is 4.74 Å². The molecular formula is C34H54O2. The molecule has 0 saturated heterocycles. The van der Waals surface area contributed by atoms with Crippen molar-refractivity contribution in [3.63, 3.8) is 0 Å². The van der Waals surface area contributed by atoms with Crippen molar-refractivity contribution in [2.75, 3.05) is 0 Å². The van der Waals surface area contributed by atoms with E-state index < -0.39 is 0 Å². The molecule has 3 saturated carbocycles. The van der Waals surface area contributed by atoms with E-state index in [2.05, 4.69) is 86.6 Å². The number of rotatable bonds is 6. The molecule has 0 aromatic heterocycles. The van der Waals surface area contributed by atoms with Gasteiger partial charge < -0.3 is 4.74 Å². The predicted octanol–water partition coefficient (Wildman–Crippen LogP) is 9.32. The molecule has 4 aliphatic rings. The molecule has 0 spiro atoms. The van der Waals surface area contributed by atoms with Crippen molar-refractivity contribution in [3.8, 4) is 0 Å². The van der Waals surface area contributed by atoms with Crippen LogP contribution in [0.2, 0.25) is 0 Å². The summed E-state index contributed by atoms with van der Waals surface area (Å²) in [5.74, 6) is 4.18. The number of esters is 1. The SMILES string of the molecule is CC(C)[C@@H](C)/C=C/[C@@H](C)[C@H]1CC[C@H]2C3=CC=C4CC(OC(=O)CC(C)(C)C)CC[C@]4(C)[C@H]3CC[C@]12C. The Balaban J connectivity index is 1.48. The van der Waals surface area contributed by atoms with E-state index in [0.29, 0.717) is 35.5 Å². The third-order valence-electron chi connectivity index (χ3n) is 11.0. The average molecular weight is 495 g/mol. The fourth-order valence-corrected chi connectivity index (χ4v) is 8.34. The quantitative estimate of drug-likeness (QED) is 0.271. The molecule has 1 unspecified atom stereocenters. The van der Waals surface area contributed by atoms with Crippen LogP contribution < -0.4 is 0 Å². The molecule has 2 heteroatoms. The predicted molar refractivity (Wildman–Crippen MR) is 151 cm³/mol. The van der Waals surface area contributed by atoms with Gasteiger partial charge in [0.2, 0.25) is 0 Å². The molecular weight excluding hydrogens is 440 g/mol. The van der Waals surface area contributed by atoms with Gasteiger partial charge in [0.15, 0.2) is 0 Å². The second-order valence-corrected chi connectivity index (χ2v) is 15.0. The minimum Gasteiger partial charge on any atom is -0.462 e. The standard InChI is InChI=1S/C34H54O2/c1-22(2)23(3)10-11-24(4)28-14-15-29-27-13-12-25-20-26(36-31(35)21-32(5,6)7)16-18-33(25,8)30(27)17-19-34(28,29)9/h10-13,22-24,26,28-30H,14-21H2,1-9H3/b11-10+/t23-,24+,26?,28+,29-,30-,33-,34+/m0/s1. The van der Waals surface area contributed by atoms with Crippen LogP contribution in [0, 0.1) is 51.8 Å². The van der Waals surface area contributed by atoms with Crippen molar-refractivity contribution in [1.82, 2.24) is 0 Å². The Labute approximate surface area is 222 Å². The van der Waals surface area contributed by atoms with Crippen LogP contribution >= 0.6 is 0 Å². The van der Waals surface area contributed by atoms with Crippen LogP contribution in [0.15, 0.2) is 35.5 Å². The number of hydrogen-bond donors (Lipinski definition) is 0. The summed E-state index contributed by atoms with van der Waals surface area (Å²) in [4.78, 5) is 12.5. The summed E-state index contributed by atoms with van der Waals surface area (Å²) in [5, 5.41) is 0. The second-order valence-electron chi connectivity index (χ2n) is 15.0. The summed E-state index contributed by atoms with van der Waals surface area (Å²) in [6, 6.07) is 0. The lowest BCUT2D eigenvalue weighted by molar-refractivity contribution is -0.153. The van der Waals surface area contributed by atoms with Gasteiger partial charge in [-0.25, -0.2) is 0 Å². The zero-order valence-corrected chi connectivity index (χ0v) is 24.8. The Hall–Kier alpha value is -1.31. The summed E-state index contributed by atoms with van der Waals surface area (Å²) >= 11 is 0. The highest BCUT2D eigenvalue weighted by Gasteiger charge is 2.57. The minimum atomic E-state index is -0.0277. The normalized spacial score (nSPS) is 38.1. The molecule has 0 aromatic rings. The summed E-state index contributed by atoms with van der Waals surface area (Å²) in [7, 11) is 0. The van der Waals surface area contributed by atoms with Crippen molar-refractivity contribution in [2.45, 2.75) is 120 Å². The van der Waals surface area contributed by atoms with Gasteiger partial charge in [-0.05, 0) is 90.3 Å². The average Bonchev–Trinajstić information content (AvgIpc) is 3.13. The Bertz CT molecular complexity index is 914. The van der Waals surface area contributed by atoms with Crippen LogP contribution in [0.1, 0.15) is 114 Å². The molecule has 0 bridgehead atoms. The van der Waals surface area contributed by atoms with E-state index in [1.54, 1.807) is 5.57 Å². The number of carbonyl (C=O) groups is 1. The van der Waals surface area contributed by atoms with Crippen LogP contribution in [-0.4, -0.2) is 12.1 Å². The van der Waals surface area contributed by atoms with Gasteiger partial charge >= 0.3 is 5.97 Å². The number of fused-ring (bicyclic) bond motifs is 5. The van der Waals surface area contributed by atoms with E-state index in [-0.39, 0.29) is 22.9 Å². The Morgan fingerprint density at radius 2 is 1.72 bits per heavy atom. The third-order valence-corrected chi connectivity index (χ3v) is 11.0. The Morgan fingerprint density at radius 3 is 2.39 bits per heavy atom. The van der Waals surface area contributed by atoms with Crippen LogP contribution in [-0.2, 0) is 9.53 Å². The molecule has 0 aliphatic heterocycles. The van der Waals surface area contributed by atoms with Crippen molar-refractivity contribution >= 4 is 5.97 Å². The summed E-state index contributed by atoms with van der Waals surface area (Å²) in [5.41, 5.74) is 3.94. The Kier molecular flexibility index (Phi) is 7.78. The van der Waals surface area contributed by atoms with Crippen molar-refractivity contribution in [2.24, 2.45) is 51.8 Å². The van der Waals surface area contributed by atoms with E-state index in [1.165, 1.54) is 31.3 Å². The summed E-state index contributed by atoms with van der Waals surface area (Å²) in [6.45, 7) is 21.0. The molecule has 0 amide bonds. The molecule has 0 heterocycles. The maximum absolute atomic E-state index is 12.5. The first-order chi connectivity index (χ1) is 16.7. The molecule has 0 radical (unpaired) electrons. The van der Waals surface area contributed by atoms with Gasteiger partial charge in [0.25, 0.3) is 0 Å². The molecule has 4 aliphatic carbocycles. The van der Waals surface area contributed by atoms with Gasteiger partial charge in [0.1, 0.15) is 6.10 Å². The van der Waals surface area contributed by atoms with Crippen molar-refractivity contribution in [1.29, 1.82) is 0 Å². The lowest BCUT2D eigenvalue weighted by Crippen LogP contribution is -2.46. The molecule has 0 N–H and O–H groups in total. The highest BCUT2D eigenvalue weighted by atomic mass is 16.5. The molecule has 36 heavy (non-hydrogen) atoms. The van der Waals surface area contributed by atoms with Crippen molar-refractivity contribution in [3.05, 3.63) is 35.5 Å². The van der Waals surface area contributed by atoms with Crippen LogP contribution in [0.4, 0.5) is 0 Å². The number of hydrogen-bond acceptors (Lipinski definition) is 2. The molecule has 4 rings (SSSR count). The fraction of sp³-hybridized carbons (Fsp3) is 0.794. The van der Waals surface area contributed by atoms with Gasteiger partial charge in [-0.3, -0.25) is 4.79 Å². The zero-order chi connectivity index (χ0) is 26.5. The summed E-state index contributed by atoms with van der Waals surface area (Å²) in [6.07, 6.45) is 19.0. The topological polar surface area (TPSA) is 26.3 Å². The van der Waals surface area contributed by atoms with Crippen LogP contribution in [0.3, 0.4) is 0 Å². The minimum absolute atomic E-state index is 0.0180. The monoisotopic (exact) mass is 494 g/mol. The maximum atomic E-state index is 12.5. The largest absolute Gasteiger partial charge is 0.462 e. The molecule has 202 valence electrons. The van der Waals surface area contributed by atoms with Gasteiger partial charge in [-0.2, -0.15) is 0 Å². The highest BCUT2D eigenvalue weighted by molar-refractivity contribution is 5.70. The first-order valence-corrected chi connectivity index (χ1v) is 15.0. The number of ether oxygens (including phenoxy) is 1. The first kappa shape index (κ1) is 27.7. The lowest BCUT2D eigenvalue weighted by Gasteiger charge is -2.55. The van der Waals surface area contributed by atoms with E-state index in [0.717, 1.165) is 31.1 Å². The van der Waals surface area contributed by atoms with E-state index in [1.807, 2.05) is 0 Å². The van der Waals surface area contributed by atoms with Gasteiger partial charge in [0.05, 0.1) is 6.42 Å². The molecule has 0 aromatic carbocycles. The van der Waals surface area contributed by atoms with E-state index in [9.17, 15) is 4.79 Å².